The lowest BCUT2D eigenvalue weighted by atomic mass is 11.0. The predicted molar refractivity (Wildman–Crippen MR) is 102 cm³/mol. The summed E-state index contributed by atoms with van der Waals surface area (Å²) in [7, 11) is 0. The molecule has 0 bridgehead atoms. The van der Waals surface area contributed by atoms with Crippen LogP contribution in [0.5, 0.6) is 0 Å². The Kier molecular flexibility index (Phi) is 14.2. The smallest absolute Gasteiger partial charge is 0.00685 e. The van der Waals surface area contributed by atoms with Gasteiger partial charge in [-0.1, -0.05) is 0 Å². The highest BCUT2D eigenvalue weighted by atomic mass is 32.2. The average molecular weight is 355 g/mol. The molecule has 0 aromatic carbocycles. The normalized spacial score (nSPS) is 26.7. The van der Waals surface area contributed by atoms with Gasteiger partial charge in [0.2, 0.25) is 0 Å². The molecule has 0 unspecified atom stereocenters. The minimum Gasteiger partial charge on any atom is -0.133 e. The van der Waals surface area contributed by atoms with E-state index in [0.717, 1.165) is 0 Å². The fourth-order valence-electron chi connectivity index (χ4n) is 0.933. The van der Waals surface area contributed by atoms with Crippen LogP contribution in [0.4, 0.5) is 0 Å². The molecule has 0 N–H and O–H groups in total. The zero-order valence-electron chi connectivity index (χ0n) is 10.2. The standard InChI is InChI=1S/C12H18S6/c1-2-14-5-6-16-9-10-18-12-11-17-8-7-15-4-3-13-1/h1-2,7-10H,3-6,11-12H2/b2-1-,8-7-,10-9-. The lowest BCUT2D eigenvalue weighted by Gasteiger charge is -1.97. The van der Waals surface area contributed by atoms with Gasteiger partial charge in [-0.2, -0.15) is 0 Å². The van der Waals surface area contributed by atoms with Crippen molar-refractivity contribution in [1.29, 1.82) is 0 Å². The van der Waals surface area contributed by atoms with E-state index in [-0.39, 0.29) is 0 Å². The summed E-state index contributed by atoms with van der Waals surface area (Å²) in [6.07, 6.45) is 0. The van der Waals surface area contributed by atoms with Gasteiger partial charge in [-0.25, -0.2) is 0 Å². The van der Waals surface area contributed by atoms with Crippen LogP contribution in [0, 0.1) is 0 Å². The van der Waals surface area contributed by atoms with Gasteiger partial charge in [0.25, 0.3) is 0 Å². The van der Waals surface area contributed by atoms with Crippen molar-refractivity contribution < 1.29 is 0 Å². The fraction of sp³-hybridized carbons (Fsp3) is 0.500. The first kappa shape index (κ1) is 17.4. The maximum absolute atomic E-state index is 2.23. The second-order valence-corrected chi connectivity index (χ2v) is 9.12. The third kappa shape index (κ3) is 12.4. The molecule has 6 heteroatoms. The molecule has 18 heavy (non-hydrogen) atoms. The molecule has 102 valence electrons. The molecule has 0 amide bonds. The van der Waals surface area contributed by atoms with E-state index >= 15 is 0 Å². The van der Waals surface area contributed by atoms with Crippen LogP contribution in [-0.2, 0) is 0 Å². The summed E-state index contributed by atoms with van der Waals surface area (Å²) in [5, 5.41) is 13.4. The number of rotatable bonds is 0. The average Bonchev–Trinajstić information content (AvgIpc) is 2.39. The van der Waals surface area contributed by atoms with Gasteiger partial charge in [0.05, 0.1) is 0 Å². The summed E-state index contributed by atoms with van der Waals surface area (Å²) in [6.45, 7) is 0. The van der Waals surface area contributed by atoms with Crippen LogP contribution in [0.2, 0.25) is 0 Å². The van der Waals surface area contributed by atoms with E-state index in [0.29, 0.717) is 0 Å². The molecular formula is C12H18S6. The highest BCUT2D eigenvalue weighted by molar-refractivity contribution is 8.09. The maximum atomic E-state index is 2.23. The molecule has 1 aliphatic heterocycles. The van der Waals surface area contributed by atoms with Gasteiger partial charge in [0.15, 0.2) is 0 Å². The minimum atomic E-state index is 1.20. The van der Waals surface area contributed by atoms with Gasteiger partial charge in [-0.3, -0.25) is 0 Å². The minimum absolute atomic E-state index is 1.20. The molecule has 0 aromatic heterocycles. The molecular weight excluding hydrogens is 337 g/mol. The molecule has 1 heterocycles. The summed E-state index contributed by atoms with van der Waals surface area (Å²) < 4.78 is 0. The van der Waals surface area contributed by atoms with E-state index in [9.17, 15) is 0 Å². The van der Waals surface area contributed by atoms with Crippen molar-refractivity contribution >= 4 is 70.6 Å². The number of hydrogen-bond donors (Lipinski definition) is 0. The fourth-order valence-corrected chi connectivity index (χ4v) is 5.94. The van der Waals surface area contributed by atoms with E-state index < -0.39 is 0 Å². The molecule has 0 aromatic rings. The van der Waals surface area contributed by atoms with Crippen molar-refractivity contribution in [2.45, 2.75) is 0 Å². The third-order valence-electron chi connectivity index (χ3n) is 1.70. The van der Waals surface area contributed by atoms with Gasteiger partial charge in [0.1, 0.15) is 0 Å². The van der Waals surface area contributed by atoms with Crippen LogP contribution in [0.3, 0.4) is 0 Å². The summed E-state index contributed by atoms with van der Waals surface area (Å²) in [5.41, 5.74) is 0. The van der Waals surface area contributed by atoms with Crippen molar-refractivity contribution in [3.63, 3.8) is 0 Å². The van der Waals surface area contributed by atoms with Crippen LogP contribution in [-0.4, -0.2) is 34.5 Å². The SMILES string of the molecule is C1=C\SCCS/C=C\SCCS/C=C\SCCS/1. The van der Waals surface area contributed by atoms with Crippen LogP contribution in [0.15, 0.2) is 32.4 Å². The van der Waals surface area contributed by atoms with Crippen LogP contribution in [0.1, 0.15) is 0 Å². The lowest BCUT2D eigenvalue weighted by Crippen LogP contribution is -1.81. The van der Waals surface area contributed by atoms with Crippen molar-refractivity contribution in [1.82, 2.24) is 0 Å². The molecule has 0 radical (unpaired) electrons. The quantitative estimate of drug-likeness (QED) is 0.534. The molecule has 1 aliphatic rings. The second-order valence-electron chi connectivity index (χ2n) is 3.04. The molecule has 0 aliphatic carbocycles. The highest BCUT2D eigenvalue weighted by Crippen LogP contribution is 2.17. The first-order valence-electron chi connectivity index (χ1n) is 5.65. The Morgan fingerprint density at radius 1 is 0.333 bits per heavy atom. The van der Waals surface area contributed by atoms with Gasteiger partial charge in [0, 0.05) is 34.5 Å². The highest BCUT2D eigenvalue weighted by Gasteiger charge is 1.88. The van der Waals surface area contributed by atoms with E-state index in [2.05, 4.69) is 32.4 Å². The molecule has 1 rings (SSSR count). The van der Waals surface area contributed by atoms with Crippen LogP contribution < -0.4 is 0 Å². The van der Waals surface area contributed by atoms with Gasteiger partial charge >= 0.3 is 0 Å². The van der Waals surface area contributed by atoms with Gasteiger partial charge in [-0.05, 0) is 32.4 Å². The van der Waals surface area contributed by atoms with Crippen LogP contribution >= 0.6 is 70.6 Å². The van der Waals surface area contributed by atoms with Gasteiger partial charge < -0.3 is 0 Å². The monoisotopic (exact) mass is 354 g/mol. The Labute approximate surface area is 136 Å². The Morgan fingerprint density at radius 2 is 0.500 bits per heavy atom. The van der Waals surface area contributed by atoms with Crippen molar-refractivity contribution in [2.75, 3.05) is 34.5 Å². The Bertz CT molecular complexity index is 194. The second kappa shape index (κ2) is 14.7. The van der Waals surface area contributed by atoms with E-state index in [1.807, 2.05) is 70.6 Å². The zero-order chi connectivity index (χ0) is 12.7. The summed E-state index contributed by atoms with van der Waals surface area (Å²) in [5.74, 6) is 7.19. The first-order chi connectivity index (χ1) is 9.00. The van der Waals surface area contributed by atoms with E-state index in [1.54, 1.807) is 0 Å². The molecule has 0 saturated carbocycles. The Morgan fingerprint density at radius 3 is 0.667 bits per heavy atom. The maximum Gasteiger partial charge on any atom is 0.00685 e. The molecule has 0 nitrogen and oxygen atoms in total. The third-order valence-corrected chi connectivity index (χ3v) is 7.60. The molecule has 0 spiro atoms. The molecule has 0 fully saturated rings. The van der Waals surface area contributed by atoms with Crippen molar-refractivity contribution in [3.8, 4) is 0 Å². The summed E-state index contributed by atoms with van der Waals surface area (Å²) in [6, 6.07) is 0. The molecule has 0 saturated heterocycles. The Balaban J connectivity index is 2.19. The van der Waals surface area contributed by atoms with Crippen LogP contribution in [0.25, 0.3) is 0 Å². The topological polar surface area (TPSA) is 0 Å². The van der Waals surface area contributed by atoms with Gasteiger partial charge in [-0.15, -0.1) is 70.6 Å². The van der Waals surface area contributed by atoms with Crippen molar-refractivity contribution in [2.24, 2.45) is 0 Å². The largest absolute Gasteiger partial charge is 0.133 e. The first-order valence-corrected chi connectivity index (χ1v) is 11.9. The summed E-state index contributed by atoms with van der Waals surface area (Å²) >= 11 is 11.5. The Hall–Kier alpha value is 1.32. The van der Waals surface area contributed by atoms with Crippen molar-refractivity contribution in [3.05, 3.63) is 32.4 Å². The van der Waals surface area contributed by atoms with E-state index in [4.69, 9.17) is 0 Å². The summed E-state index contributed by atoms with van der Waals surface area (Å²) in [4.78, 5) is 0. The zero-order valence-corrected chi connectivity index (χ0v) is 15.1. The number of hydrogen-bond acceptors (Lipinski definition) is 6. The lowest BCUT2D eigenvalue weighted by molar-refractivity contribution is 1.56. The molecule has 0 atom stereocenters. The number of thioether (sulfide) groups is 6. The van der Waals surface area contributed by atoms with E-state index in [1.165, 1.54) is 34.5 Å². The predicted octanol–water partition coefficient (Wildman–Crippen LogP) is 5.81.